The number of nitrogens with one attached hydrogen (secondary N) is 1. The zero-order valence-corrected chi connectivity index (χ0v) is 14.7. The van der Waals surface area contributed by atoms with Crippen LogP contribution in [0.5, 0.6) is 5.75 Å². The van der Waals surface area contributed by atoms with E-state index in [9.17, 15) is 9.18 Å². The van der Waals surface area contributed by atoms with E-state index in [1.807, 2.05) is 22.9 Å². The third-order valence-corrected chi connectivity index (χ3v) is 4.27. The number of tetrazole rings is 1. The van der Waals surface area contributed by atoms with Crippen LogP contribution in [0.15, 0.2) is 48.5 Å². The van der Waals surface area contributed by atoms with Crippen molar-refractivity contribution in [3.63, 3.8) is 0 Å². The number of anilines is 1. The van der Waals surface area contributed by atoms with Crippen molar-refractivity contribution in [3.8, 4) is 17.1 Å². The highest BCUT2D eigenvalue weighted by Crippen LogP contribution is 2.36. The van der Waals surface area contributed by atoms with E-state index in [2.05, 4.69) is 20.8 Å². The number of carbonyl (C=O) groups is 1. The van der Waals surface area contributed by atoms with Gasteiger partial charge in [-0.05, 0) is 66.6 Å². The van der Waals surface area contributed by atoms with Crippen molar-refractivity contribution in [1.29, 1.82) is 0 Å². The Hall–Kier alpha value is -3.29. The third kappa shape index (κ3) is 3.94. The van der Waals surface area contributed by atoms with Gasteiger partial charge in [-0.15, -0.1) is 5.10 Å². The number of aromatic nitrogens is 4. The lowest BCUT2D eigenvalue weighted by atomic mass is 10.2. The Balaban J connectivity index is 1.45. The van der Waals surface area contributed by atoms with Crippen LogP contribution in [0.2, 0.25) is 0 Å². The normalized spacial score (nSPS) is 14.6. The van der Waals surface area contributed by atoms with Crippen molar-refractivity contribution in [2.75, 3.05) is 5.32 Å². The molecule has 3 aromatic rings. The molecule has 0 spiro atoms. The minimum atomic E-state index is -0.740. The van der Waals surface area contributed by atoms with Gasteiger partial charge >= 0.3 is 0 Å². The minimum absolute atomic E-state index is 0.307. The summed E-state index contributed by atoms with van der Waals surface area (Å²) in [5.41, 5.74) is 1.45. The van der Waals surface area contributed by atoms with Crippen molar-refractivity contribution in [2.45, 2.75) is 31.9 Å². The van der Waals surface area contributed by atoms with Gasteiger partial charge in [0.1, 0.15) is 11.6 Å². The highest BCUT2D eigenvalue weighted by Gasteiger charge is 2.28. The first-order valence-corrected chi connectivity index (χ1v) is 8.71. The standard InChI is InChI=1S/C19H18FN5O2/c1-12(27-17-9-5-14(20)6-10-17)19(26)21-15-4-2-3-13(11-15)18-22-23-24-25(18)16-7-8-16/h2-6,9-12,16H,7-8H2,1H3,(H,21,26)/t12-/m1/s1. The Bertz CT molecular complexity index is 953. The molecule has 1 N–H and O–H groups in total. The molecule has 0 radical (unpaired) electrons. The number of rotatable bonds is 6. The van der Waals surface area contributed by atoms with Crippen LogP contribution in [0.25, 0.3) is 11.4 Å². The van der Waals surface area contributed by atoms with Crippen LogP contribution in [0, 0.1) is 5.82 Å². The van der Waals surface area contributed by atoms with Gasteiger partial charge in [0.25, 0.3) is 5.91 Å². The lowest BCUT2D eigenvalue weighted by Gasteiger charge is -2.15. The predicted octanol–water partition coefficient (Wildman–Crippen LogP) is 3.22. The van der Waals surface area contributed by atoms with Crippen molar-refractivity contribution in [1.82, 2.24) is 20.2 Å². The predicted molar refractivity (Wildman–Crippen MR) is 96.6 cm³/mol. The molecule has 1 aliphatic rings. The second-order valence-corrected chi connectivity index (χ2v) is 6.46. The van der Waals surface area contributed by atoms with E-state index in [4.69, 9.17) is 4.74 Å². The van der Waals surface area contributed by atoms with E-state index in [1.54, 1.807) is 13.0 Å². The first-order chi connectivity index (χ1) is 13.1. The Kier molecular flexibility index (Phi) is 4.53. The van der Waals surface area contributed by atoms with Crippen LogP contribution in [0.1, 0.15) is 25.8 Å². The highest BCUT2D eigenvalue weighted by atomic mass is 19.1. The quantitative estimate of drug-likeness (QED) is 0.723. The molecule has 27 heavy (non-hydrogen) atoms. The topological polar surface area (TPSA) is 81.9 Å². The molecule has 4 rings (SSSR count). The maximum absolute atomic E-state index is 13.0. The first kappa shape index (κ1) is 17.1. The van der Waals surface area contributed by atoms with Crippen molar-refractivity contribution < 1.29 is 13.9 Å². The Labute approximate surface area is 155 Å². The number of benzene rings is 2. The van der Waals surface area contributed by atoms with E-state index in [1.165, 1.54) is 24.3 Å². The van der Waals surface area contributed by atoms with Gasteiger partial charge in [-0.2, -0.15) is 0 Å². The monoisotopic (exact) mass is 367 g/mol. The summed E-state index contributed by atoms with van der Waals surface area (Å²) in [5.74, 6) is 0.448. The molecular formula is C19H18FN5O2. The summed E-state index contributed by atoms with van der Waals surface area (Å²) in [6.07, 6.45) is 1.41. The van der Waals surface area contributed by atoms with Gasteiger partial charge < -0.3 is 10.1 Å². The van der Waals surface area contributed by atoms with E-state index in [0.717, 1.165) is 18.4 Å². The number of hydrogen-bond acceptors (Lipinski definition) is 5. The maximum Gasteiger partial charge on any atom is 0.265 e. The number of amides is 1. The smallest absolute Gasteiger partial charge is 0.265 e. The molecule has 0 bridgehead atoms. The van der Waals surface area contributed by atoms with E-state index in [-0.39, 0.29) is 11.7 Å². The first-order valence-electron chi connectivity index (χ1n) is 8.71. The summed E-state index contributed by atoms with van der Waals surface area (Å²) in [4.78, 5) is 12.4. The maximum atomic E-state index is 13.0. The minimum Gasteiger partial charge on any atom is -0.481 e. The molecule has 1 aliphatic carbocycles. The second kappa shape index (κ2) is 7.14. The number of nitrogens with zero attached hydrogens (tertiary/aromatic N) is 4. The van der Waals surface area contributed by atoms with Crippen LogP contribution in [-0.2, 0) is 4.79 Å². The summed E-state index contributed by atoms with van der Waals surface area (Å²) in [7, 11) is 0. The number of hydrogen-bond donors (Lipinski definition) is 1. The largest absolute Gasteiger partial charge is 0.481 e. The van der Waals surface area contributed by atoms with Crippen molar-refractivity contribution in [2.24, 2.45) is 0 Å². The molecule has 1 aromatic heterocycles. The second-order valence-electron chi connectivity index (χ2n) is 6.46. The summed E-state index contributed by atoms with van der Waals surface area (Å²) >= 11 is 0. The van der Waals surface area contributed by atoms with Crippen LogP contribution in [0.3, 0.4) is 0 Å². The summed E-state index contributed by atoms with van der Waals surface area (Å²) in [6.45, 7) is 1.64. The molecule has 1 heterocycles. The van der Waals surface area contributed by atoms with Crippen LogP contribution in [0.4, 0.5) is 10.1 Å². The Morgan fingerprint density at radius 1 is 1.26 bits per heavy atom. The fourth-order valence-corrected chi connectivity index (χ4v) is 2.70. The molecular weight excluding hydrogens is 349 g/mol. The summed E-state index contributed by atoms with van der Waals surface area (Å²) in [5, 5.41) is 14.7. The fourth-order valence-electron chi connectivity index (χ4n) is 2.70. The fraction of sp³-hybridized carbons (Fsp3) is 0.263. The average molecular weight is 367 g/mol. The third-order valence-electron chi connectivity index (χ3n) is 4.27. The molecule has 0 saturated heterocycles. The van der Waals surface area contributed by atoms with Crippen LogP contribution < -0.4 is 10.1 Å². The molecule has 0 unspecified atom stereocenters. The SMILES string of the molecule is C[C@@H](Oc1ccc(F)cc1)C(=O)Nc1cccc(-c2nnnn2C2CC2)c1. The average Bonchev–Trinajstić information content (AvgIpc) is 3.40. The van der Waals surface area contributed by atoms with Gasteiger partial charge in [-0.3, -0.25) is 4.79 Å². The van der Waals surface area contributed by atoms with Crippen molar-refractivity contribution >= 4 is 11.6 Å². The van der Waals surface area contributed by atoms with E-state index < -0.39 is 6.10 Å². The zero-order chi connectivity index (χ0) is 18.8. The molecule has 1 fully saturated rings. The lowest BCUT2D eigenvalue weighted by Crippen LogP contribution is -2.30. The van der Waals surface area contributed by atoms with Gasteiger partial charge in [0.15, 0.2) is 11.9 Å². The van der Waals surface area contributed by atoms with Gasteiger partial charge in [-0.25, -0.2) is 9.07 Å². The Morgan fingerprint density at radius 3 is 2.78 bits per heavy atom. The van der Waals surface area contributed by atoms with E-state index >= 15 is 0 Å². The number of ether oxygens (including phenoxy) is 1. The summed E-state index contributed by atoms with van der Waals surface area (Å²) in [6, 6.07) is 13.2. The summed E-state index contributed by atoms with van der Waals surface area (Å²) < 4.78 is 20.3. The molecule has 8 heteroatoms. The van der Waals surface area contributed by atoms with Crippen LogP contribution >= 0.6 is 0 Å². The lowest BCUT2D eigenvalue weighted by molar-refractivity contribution is -0.122. The molecule has 7 nitrogen and oxygen atoms in total. The van der Waals surface area contributed by atoms with Gasteiger partial charge in [0, 0.05) is 11.3 Å². The van der Waals surface area contributed by atoms with Crippen molar-refractivity contribution in [3.05, 3.63) is 54.3 Å². The highest BCUT2D eigenvalue weighted by molar-refractivity contribution is 5.94. The molecule has 0 aliphatic heterocycles. The van der Waals surface area contributed by atoms with Gasteiger partial charge in [0.2, 0.25) is 0 Å². The molecule has 1 amide bonds. The molecule has 138 valence electrons. The molecule has 2 aromatic carbocycles. The van der Waals surface area contributed by atoms with E-state index in [0.29, 0.717) is 23.3 Å². The molecule has 1 atom stereocenters. The Morgan fingerprint density at radius 2 is 2.04 bits per heavy atom. The molecule has 1 saturated carbocycles. The zero-order valence-electron chi connectivity index (χ0n) is 14.7. The van der Waals surface area contributed by atoms with Gasteiger partial charge in [-0.1, -0.05) is 12.1 Å². The van der Waals surface area contributed by atoms with Crippen LogP contribution in [-0.4, -0.2) is 32.2 Å². The van der Waals surface area contributed by atoms with Gasteiger partial charge in [0.05, 0.1) is 6.04 Å². The number of carbonyl (C=O) groups excluding carboxylic acids is 1. The number of halogens is 1.